The third kappa shape index (κ3) is 3.61. The number of nitrogens with one attached hydrogen (secondary N) is 1. The van der Waals surface area contributed by atoms with Crippen LogP contribution in [-0.4, -0.2) is 13.7 Å². The minimum Gasteiger partial charge on any atom is -0.496 e. The summed E-state index contributed by atoms with van der Waals surface area (Å²) in [5.74, 6) is 1.85. The van der Waals surface area contributed by atoms with Crippen LogP contribution in [0.2, 0.25) is 0 Å². The zero-order chi connectivity index (χ0) is 13.7. The van der Waals surface area contributed by atoms with Gasteiger partial charge >= 0.3 is 0 Å². The first-order chi connectivity index (χ1) is 9.24. The summed E-state index contributed by atoms with van der Waals surface area (Å²) in [6.45, 7) is 2.98. The molecule has 0 amide bonds. The Morgan fingerprint density at radius 2 is 2.21 bits per heavy atom. The normalized spacial score (nSPS) is 12.4. The Morgan fingerprint density at radius 3 is 2.84 bits per heavy atom. The number of benzene rings is 1. The molecule has 19 heavy (non-hydrogen) atoms. The highest BCUT2D eigenvalue weighted by Crippen LogP contribution is 2.28. The Kier molecular flexibility index (Phi) is 5.05. The molecule has 1 N–H and O–H groups in total. The molecule has 0 saturated heterocycles. The summed E-state index contributed by atoms with van der Waals surface area (Å²) in [6, 6.07) is 10.1. The van der Waals surface area contributed by atoms with E-state index in [0.717, 1.165) is 34.5 Å². The molecule has 0 bridgehead atoms. The molecule has 1 aromatic carbocycles. The molecule has 0 aliphatic rings. The van der Waals surface area contributed by atoms with Crippen molar-refractivity contribution in [1.82, 2.24) is 5.32 Å². The van der Waals surface area contributed by atoms with Gasteiger partial charge in [0.15, 0.2) is 0 Å². The van der Waals surface area contributed by atoms with E-state index in [1.165, 1.54) is 0 Å². The number of hydrogen-bond donors (Lipinski definition) is 1. The zero-order valence-corrected chi connectivity index (χ0v) is 12.7. The van der Waals surface area contributed by atoms with Crippen LogP contribution in [0.25, 0.3) is 0 Å². The lowest BCUT2D eigenvalue weighted by Gasteiger charge is -2.17. The summed E-state index contributed by atoms with van der Waals surface area (Å²) in [4.78, 5) is 0. The maximum atomic E-state index is 5.51. The fourth-order valence-electron chi connectivity index (χ4n) is 2.14. The van der Waals surface area contributed by atoms with Crippen LogP contribution in [0.15, 0.2) is 45.5 Å². The lowest BCUT2D eigenvalue weighted by Crippen LogP contribution is -2.22. The maximum absolute atomic E-state index is 5.51. The lowest BCUT2D eigenvalue weighted by molar-refractivity contribution is 0.392. The molecule has 102 valence electrons. The average molecular weight is 324 g/mol. The molecule has 2 rings (SSSR count). The quantitative estimate of drug-likeness (QED) is 0.874. The lowest BCUT2D eigenvalue weighted by atomic mass is 10.0. The first-order valence-electron chi connectivity index (χ1n) is 6.33. The Balaban J connectivity index is 2.24. The molecule has 0 saturated carbocycles. The molecule has 1 unspecified atom stereocenters. The Labute approximate surface area is 122 Å². The van der Waals surface area contributed by atoms with E-state index in [1.54, 1.807) is 13.4 Å². The van der Waals surface area contributed by atoms with Crippen LogP contribution >= 0.6 is 15.9 Å². The molecular formula is C15H18BrNO2. The van der Waals surface area contributed by atoms with Crippen LogP contribution in [0.3, 0.4) is 0 Å². The maximum Gasteiger partial charge on any atom is 0.122 e. The second kappa shape index (κ2) is 6.78. The number of likely N-dealkylation sites (N-methyl/N-ethyl adjacent to an activating group) is 1. The molecule has 0 spiro atoms. The van der Waals surface area contributed by atoms with Crippen molar-refractivity contribution in [1.29, 1.82) is 0 Å². The molecule has 1 aromatic heterocycles. The van der Waals surface area contributed by atoms with Gasteiger partial charge in [-0.2, -0.15) is 0 Å². The predicted molar refractivity (Wildman–Crippen MR) is 79.5 cm³/mol. The molecule has 4 heteroatoms. The Hall–Kier alpha value is -1.26. The number of methoxy groups -OCH3 is 1. The van der Waals surface area contributed by atoms with Gasteiger partial charge in [0.1, 0.15) is 11.5 Å². The predicted octanol–water partition coefficient (Wildman–Crippen LogP) is 3.94. The van der Waals surface area contributed by atoms with Crippen LogP contribution in [0.4, 0.5) is 0 Å². The number of rotatable bonds is 6. The fraction of sp³-hybridized carbons (Fsp3) is 0.333. The molecule has 2 aromatic rings. The number of halogens is 1. The van der Waals surface area contributed by atoms with E-state index in [-0.39, 0.29) is 6.04 Å². The number of furan rings is 1. The van der Waals surface area contributed by atoms with Crippen molar-refractivity contribution in [2.75, 3.05) is 13.7 Å². The summed E-state index contributed by atoms with van der Waals surface area (Å²) in [6.07, 6.45) is 2.53. The van der Waals surface area contributed by atoms with E-state index in [0.29, 0.717) is 0 Å². The van der Waals surface area contributed by atoms with Gasteiger partial charge in [-0.25, -0.2) is 0 Å². The summed E-state index contributed by atoms with van der Waals surface area (Å²) in [5, 5.41) is 3.44. The van der Waals surface area contributed by atoms with Gasteiger partial charge in [-0.05, 0) is 48.9 Å². The Morgan fingerprint density at radius 1 is 1.37 bits per heavy atom. The van der Waals surface area contributed by atoms with Crippen LogP contribution < -0.4 is 10.1 Å². The zero-order valence-electron chi connectivity index (χ0n) is 11.2. The van der Waals surface area contributed by atoms with Gasteiger partial charge in [0.05, 0.1) is 19.4 Å². The molecule has 0 aliphatic carbocycles. The molecule has 1 heterocycles. The van der Waals surface area contributed by atoms with Crippen LogP contribution in [0, 0.1) is 0 Å². The summed E-state index contributed by atoms with van der Waals surface area (Å²) in [7, 11) is 1.70. The summed E-state index contributed by atoms with van der Waals surface area (Å²) >= 11 is 3.50. The van der Waals surface area contributed by atoms with Gasteiger partial charge < -0.3 is 14.5 Å². The standard InChI is InChI=1S/C15H18BrNO2/c1-3-17-13(15-5-4-8-19-15)10-11-9-12(16)6-7-14(11)18-2/h4-9,13,17H,3,10H2,1-2H3. The van der Waals surface area contributed by atoms with Crippen molar-refractivity contribution in [3.05, 3.63) is 52.4 Å². The van der Waals surface area contributed by atoms with Gasteiger partial charge in [0.2, 0.25) is 0 Å². The highest BCUT2D eigenvalue weighted by Gasteiger charge is 2.16. The van der Waals surface area contributed by atoms with Crippen LogP contribution in [0.5, 0.6) is 5.75 Å². The third-order valence-corrected chi connectivity index (χ3v) is 3.50. The molecule has 0 aliphatic heterocycles. The van der Waals surface area contributed by atoms with Gasteiger partial charge in [-0.15, -0.1) is 0 Å². The highest BCUT2D eigenvalue weighted by atomic mass is 79.9. The van der Waals surface area contributed by atoms with Crippen molar-refractivity contribution in [2.45, 2.75) is 19.4 Å². The number of ether oxygens (including phenoxy) is 1. The van der Waals surface area contributed by atoms with Crippen molar-refractivity contribution in [3.63, 3.8) is 0 Å². The van der Waals surface area contributed by atoms with E-state index in [2.05, 4.69) is 34.2 Å². The highest BCUT2D eigenvalue weighted by molar-refractivity contribution is 9.10. The summed E-state index contributed by atoms with van der Waals surface area (Å²) in [5.41, 5.74) is 1.15. The van der Waals surface area contributed by atoms with E-state index < -0.39 is 0 Å². The van der Waals surface area contributed by atoms with Gasteiger partial charge in [0.25, 0.3) is 0 Å². The van der Waals surface area contributed by atoms with Gasteiger partial charge in [0, 0.05) is 4.47 Å². The monoisotopic (exact) mass is 323 g/mol. The number of hydrogen-bond acceptors (Lipinski definition) is 3. The topological polar surface area (TPSA) is 34.4 Å². The average Bonchev–Trinajstić information content (AvgIpc) is 2.92. The molecular weight excluding hydrogens is 306 g/mol. The smallest absolute Gasteiger partial charge is 0.122 e. The minimum atomic E-state index is 0.156. The molecule has 1 atom stereocenters. The minimum absolute atomic E-state index is 0.156. The van der Waals surface area contributed by atoms with Gasteiger partial charge in [-0.1, -0.05) is 22.9 Å². The van der Waals surface area contributed by atoms with Gasteiger partial charge in [-0.3, -0.25) is 0 Å². The van der Waals surface area contributed by atoms with Crippen molar-refractivity contribution >= 4 is 15.9 Å². The largest absolute Gasteiger partial charge is 0.496 e. The first kappa shape index (κ1) is 14.2. The Bertz CT molecular complexity index is 511. The SMILES string of the molecule is CCNC(Cc1cc(Br)ccc1OC)c1ccco1. The van der Waals surface area contributed by atoms with E-state index in [4.69, 9.17) is 9.15 Å². The van der Waals surface area contributed by atoms with Crippen molar-refractivity contribution < 1.29 is 9.15 Å². The van der Waals surface area contributed by atoms with E-state index in [1.807, 2.05) is 24.3 Å². The summed E-state index contributed by atoms with van der Waals surface area (Å²) < 4.78 is 12.0. The van der Waals surface area contributed by atoms with E-state index in [9.17, 15) is 0 Å². The molecule has 3 nitrogen and oxygen atoms in total. The second-order valence-electron chi connectivity index (χ2n) is 4.29. The molecule has 0 radical (unpaired) electrons. The molecule has 0 fully saturated rings. The first-order valence-corrected chi connectivity index (χ1v) is 7.13. The van der Waals surface area contributed by atoms with E-state index >= 15 is 0 Å². The van der Waals surface area contributed by atoms with Crippen molar-refractivity contribution in [3.8, 4) is 5.75 Å². The van der Waals surface area contributed by atoms with Crippen LogP contribution in [-0.2, 0) is 6.42 Å². The fourth-order valence-corrected chi connectivity index (χ4v) is 2.54. The van der Waals surface area contributed by atoms with Crippen LogP contribution in [0.1, 0.15) is 24.3 Å². The van der Waals surface area contributed by atoms with Crippen molar-refractivity contribution in [2.24, 2.45) is 0 Å². The second-order valence-corrected chi connectivity index (χ2v) is 5.20. The third-order valence-electron chi connectivity index (χ3n) is 3.00.